The van der Waals surface area contributed by atoms with Crippen molar-refractivity contribution in [2.75, 3.05) is 46.1 Å². The van der Waals surface area contributed by atoms with Gasteiger partial charge in [-0.05, 0) is 71.6 Å². The van der Waals surface area contributed by atoms with Gasteiger partial charge in [-0.15, -0.1) is 0 Å². The van der Waals surface area contributed by atoms with Crippen molar-refractivity contribution in [1.29, 1.82) is 0 Å². The summed E-state index contributed by atoms with van der Waals surface area (Å²) in [4.78, 5) is 22.5. The number of para-hydroxylation sites is 1. The van der Waals surface area contributed by atoms with Gasteiger partial charge in [-0.3, -0.25) is 14.5 Å². The van der Waals surface area contributed by atoms with E-state index >= 15 is 0 Å². The molecule has 3 N–H and O–H groups in total. The van der Waals surface area contributed by atoms with Gasteiger partial charge in [-0.2, -0.15) is 5.06 Å². The van der Waals surface area contributed by atoms with E-state index in [2.05, 4.69) is 53.6 Å². The lowest BCUT2D eigenvalue weighted by Crippen LogP contribution is -2.62. The molecule has 5 fully saturated rings. The summed E-state index contributed by atoms with van der Waals surface area (Å²) < 4.78 is 12.7. The Kier molecular flexibility index (Phi) is 9.66. The average molecular weight is 672 g/mol. The number of nitrogens with zero attached hydrogens (tertiary/aromatic N) is 2. The van der Waals surface area contributed by atoms with Crippen LogP contribution in [0.25, 0.3) is 0 Å². The highest BCUT2D eigenvalue weighted by Gasteiger charge is 2.57. The topological polar surface area (TPSA) is 104 Å². The number of hydroxylamine groups is 2. The minimum Gasteiger partial charge on any atom is -0.491 e. The minimum absolute atomic E-state index is 0.103. The highest BCUT2D eigenvalue weighted by molar-refractivity contribution is 14.1. The normalized spacial score (nSPS) is 34.7. The molecule has 0 radical (unpaired) electrons. The van der Waals surface area contributed by atoms with E-state index < -0.39 is 24.2 Å². The van der Waals surface area contributed by atoms with Crippen LogP contribution in [0.4, 0.5) is 0 Å². The number of rotatable bonds is 10. The van der Waals surface area contributed by atoms with E-state index in [0.29, 0.717) is 36.3 Å². The zero-order chi connectivity index (χ0) is 28.6. The molecule has 40 heavy (non-hydrogen) atoms. The maximum Gasteiger partial charge on any atom is 0.240 e. The van der Waals surface area contributed by atoms with Gasteiger partial charge >= 0.3 is 0 Å². The molecule has 5 aliphatic rings. The Morgan fingerprint density at radius 1 is 1.27 bits per heavy atom. The van der Waals surface area contributed by atoms with Crippen molar-refractivity contribution in [3.05, 3.63) is 27.3 Å². The quantitative estimate of drug-likeness (QED) is 0.327. The highest BCUT2D eigenvalue weighted by Crippen LogP contribution is 2.61. The molecule has 2 saturated heterocycles. The number of aliphatic hydroxyl groups is 2. The van der Waals surface area contributed by atoms with Gasteiger partial charge in [-0.1, -0.05) is 32.9 Å². The van der Waals surface area contributed by atoms with Gasteiger partial charge in [-0.25, -0.2) is 0 Å². The Balaban J connectivity index is 1.31. The predicted molar refractivity (Wildman–Crippen MR) is 159 cm³/mol. The fraction of sp³-hybridized carbons (Fsp3) is 0.767. The fourth-order valence-corrected chi connectivity index (χ4v) is 8.30. The van der Waals surface area contributed by atoms with Crippen LogP contribution in [0, 0.1) is 32.7 Å². The van der Waals surface area contributed by atoms with Crippen molar-refractivity contribution in [2.45, 2.75) is 71.4 Å². The summed E-state index contributed by atoms with van der Waals surface area (Å²) in [5.74, 6) is 1.70. The molecule has 1 amide bonds. The molecule has 2 aliphatic heterocycles. The zero-order valence-corrected chi connectivity index (χ0v) is 26.4. The number of halogens is 1. The number of carbonyl (C=O) groups excluding carboxylic acids is 1. The third-order valence-corrected chi connectivity index (χ3v) is 11.0. The Morgan fingerprint density at radius 3 is 2.67 bits per heavy atom. The number of aliphatic hydroxyl groups excluding tert-OH is 2. The van der Waals surface area contributed by atoms with Crippen LogP contribution >= 0.6 is 22.6 Å². The van der Waals surface area contributed by atoms with Gasteiger partial charge in [0.05, 0.1) is 36.0 Å². The third kappa shape index (κ3) is 6.05. The molecule has 3 saturated carbocycles. The van der Waals surface area contributed by atoms with E-state index in [1.807, 2.05) is 18.2 Å². The maximum atomic E-state index is 13.9. The van der Waals surface area contributed by atoms with Crippen LogP contribution in [0.1, 0.15) is 46.1 Å². The molecule has 2 bridgehead atoms. The summed E-state index contributed by atoms with van der Waals surface area (Å²) in [5, 5.41) is 25.9. The first-order chi connectivity index (χ1) is 19.1. The van der Waals surface area contributed by atoms with Crippen LogP contribution in [0.3, 0.4) is 0 Å². The standard InChI is InChI=1S/C30H46IN3O6/c1-18-22-14-21(30(22,3)4)15-24(18)32-29(37)27-26(19(2)36)25(17-35)40-34(27)16-20-6-5-7-23(31)28(20)39-13-10-33-8-11-38-12-9-33/h5-7,18-19,21-22,24-27,35-36H,8-17H2,1-4H3,(H,32,37)/t18-,19-,21+,22-,24?,25-,26+,27-/m0/s1. The molecular weight excluding hydrogens is 625 g/mol. The molecule has 0 spiro atoms. The van der Waals surface area contributed by atoms with Crippen molar-refractivity contribution >= 4 is 28.5 Å². The lowest BCUT2D eigenvalue weighted by Gasteiger charge is -2.62. The van der Waals surface area contributed by atoms with Crippen molar-refractivity contribution in [2.24, 2.45) is 29.1 Å². The number of benzene rings is 1. The van der Waals surface area contributed by atoms with Crippen molar-refractivity contribution < 1.29 is 29.3 Å². The van der Waals surface area contributed by atoms with Crippen molar-refractivity contribution in [1.82, 2.24) is 15.3 Å². The van der Waals surface area contributed by atoms with E-state index in [0.717, 1.165) is 54.2 Å². The molecule has 9 nitrogen and oxygen atoms in total. The summed E-state index contributed by atoms with van der Waals surface area (Å²) in [6, 6.07) is 5.35. The summed E-state index contributed by atoms with van der Waals surface area (Å²) in [7, 11) is 0. The van der Waals surface area contributed by atoms with E-state index in [4.69, 9.17) is 14.3 Å². The van der Waals surface area contributed by atoms with Crippen molar-refractivity contribution in [3.63, 3.8) is 0 Å². The largest absolute Gasteiger partial charge is 0.491 e. The molecule has 0 aromatic heterocycles. The molecule has 3 aliphatic carbocycles. The number of hydrogen-bond acceptors (Lipinski definition) is 8. The number of carbonyl (C=O) groups is 1. The maximum absolute atomic E-state index is 13.9. The van der Waals surface area contributed by atoms with E-state index in [-0.39, 0.29) is 18.6 Å². The molecule has 1 unspecified atom stereocenters. The van der Waals surface area contributed by atoms with Gasteiger partial charge < -0.3 is 25.0 Å². The summed E-state index contributed by atoms with van der Waals surface area (Å²) >= 11 is 2.28. The average Bonchev–Trinajstić information content (AvgIpc) is 3.30. The smallest absolute Gasteiger partial charge is 0.240 e. The summed E-state index contributed by atoms with van der Waals surface area (Å²) in [5.41, 5.74) is 1.24. The minimum atomic E-state index is -0.825. The molecule has 10 heteroatoms. The Labute approximate surface area is 252 Å². The van der Waals surface area contributed by atoms with E-state index in [9.17, 15) is 15.0 Å². The molecule has 1 aromatic rings. The fourth-order valence-electron chi connectivity index (χ4n) is 7.59. The number of nitrogens with one attached hydrogen (secondary N) is 1. The molecule has 2 heterocycles. The summed E-state index contributed by atoms with van der Waals surface area (Å²) in [6.07, 6.45) is 0.725. The Hall–Kier alpha value is -1.02. The van der Waals surface area contributed by atoms with Gasteiger partial charge in [0.25, 0.3) is 0 Å². The number of amides is 1. The van der Waals surface area contributed by atoms with Gasteiger partial charge in [0, 0.05) is 37.2 Å². The molecule has 8 atom stereocenters. The van der Waals surface area contributed by atoms with Crippen LogP contribution in [0.15, 0.2) is 18.2 Å². The van der Waals surface area contributed by atoms with Crippen molar-refractivity contribution in [3.8, 4) is 5.75 Å². The van der Waals surface area contributed by atoms with Gasteiger partial charge in [0.1, 0.15) is 24.5 Å². The second-order valence-corrected chi connectivity index (χ2v) is 13.9. The first kappa shape index (κ1) is 30.4. The first-order valence-corrected chi connectivity index (χ1v) is 15.9. The molecule has 6 rings (SSSR count). The number of morpholine rings is 1. The van der Waals surface area contributed by atoms with E-state index in [1.54, 1.807) is 12.0 Å². The third-order valence-electron chi connectivity index (χ3n) is 10.2. The van der Waals surface area contributed by atoms with Crippen LogP contribution < -0.4 is 10.1 Å². The first-order valence-electron chi connectivity index (χ1n) is 14.8. The lowest BCUT2D eigenvalue weighted by atomic mass is 9.45. The monoisotopic (exact) mass is 671 g/mol. The Morgan fingerprint density at radius 2 is 2.02 bits per heavy atom. The second kappa shape index (κ2) is 12.7. The van der Waals surface area contributed by atoms with Gasteiger partial charge in [0.2, 0.25) is 5.91 Å². The Bertz CT molecular complexity index is 1030. The number of fused-ring (bicyclic) bond motifs is 2. The molecule has 224 valence electrons. The lowest BCUT2D eigenvalue weighted by molar-refractivity contribution is -0.183. The highest BCUT2D eigenvalue weighted by atomic mass is 127. The van der Waals surface area contributed by atoms with Crippen LogP contribution in [-0.2, 0) is 20.9 Å². The second-order valence-electron chi connectivity index (χ2n) is 12.8. The SMILES string of the molecule is C[C@H](O)[C@@H]1[C@H](CO)ON(Cc2cccc(I)c2OCCN2CCOCC2)[C@@H]1C(=O)NC1C[C@H]2C[C@@H]([C@@H]1C)C2(C)C. The van der Waals surface area contributed by atoms with Crippen LogP contribution in [-0.4, -0.2) is 96.4 Å². The molecule has 1 aromatic carbocycles. The number of hydrogen-bond donors (Lipinski definition) is 3. The van der Waals surface area contributed by atoms with Crippen LogP contribution in [0.2, 0.25) is 0 Å². The summed E-state index contributed by atoms with van der Waals surface area (Å²) in [6.45, 7) is 13.3. The number of ether oxygens (including phenoxy) is 2. The molecular formula is C30H46IN3O6. The predicted octanol–water partition coefficient (Wildman–Crippen LogP) is 2.66. The van der Waals surface area contributed by atoms with E-state index in [1.165, 1.54) is 6.42 Å². The zero-order valence-electron chi connectivity index (χ0n) is 24.2. The van der Waals surface area contributed by atoms with Crippen LogP contribution in [0.5, 0.6) is 5.75 Å². The van der Waals surface area contributed by atoms with Gasteiger partial charge in [0.15, 0.2) is 0 Å².